The second kappa shape index (κ2) is 5.90. The minimum Gasteiger partial charge on any atom is -0.504 e. The first-order valence-corrected chi connectivity index (χ1v) is 8.25. The summed E-state index contributed by atoms with van der Waals surface area (Å²) >= 11 is 0. The molecule has 0 fully saturated rings. The molecule has 0 aliphatic rings. The summed E-state index contributed by atoms with van der Waals surface area (Å²) in [6.07, 6.45) is -4.16. The number of para-hydroxylation sites is 1. The lowest BCUT2D eigenvalue weighted by Gasteiger charge is -2.12. The molecule has 0 spiro atoms. The van der Waals surface area contributed by atoms with Crippen molar-refractivity contribution in [2.45, 2.75) is 11.1 Å². The highest BCUT2D eigenvalue weighted by atomic mass is 32.2. The Hall–Kier alpha value is -2.42. The molecule has 128 valence electrons. The Morgan fingerprint density at radius 1 is 1.08 bits per heavy atom. The molecular weight excluding hydrogens is 352 g/mol. The molecule has 0 heterocycles. The Labute approximate surface area is 134 Å². The molecule has 0 aliphatic heterocycles. The fourth-order valence-corrected chi connectivity index (χ4v) is 2.94. The number of sulfone groups is 1. The molecule has 2 rings (SSSR count). The summed E-state index contributed by atoms with van der Waals surface area (Å²) in [5.74, 6) is -3.24. The van der Waals surface area contributed by atoms with E-state index >= 15 is 0 Å². The number of hydrogen-bond donors (Lipinski definition) is 1. The van der Waals surface area contributed by atoms with Crippen LogP contribution in [0.25, 0.3) is 0 Å². The van der Waals surface area contributed by atoms with Gasteiger partial charge in [-0.05, 0) is 30.3 Å². The topological polar surface area (TPSA) is 71.4 Å². The van der Waals surface area contributed by atoms with Gasteiger partial charge in [-0.2, -0.15) is 13.2 Å². The molecule has 1 N–H and O–H groups in total. The first-order chi connectivity index (χ1) is 10.9. The maximum absolute atomic E-state index is 13.3. The van der Waals surface area contributed by atoms with Crippen LogP contribution in [0.2, 0.25) is 0 Å². The van der Waals surface area contributed by atoms with Crippen molar-refractivity contribution in [3.05, 3.63) is 58.9 Å². The monoisotopic (exact) mass is 362 g/mol. The predicted octanol–water partition coefficient (Wildman–Crippen LogP) is 3.18. The minimum atomic E-state index is -4.80. The molecule has 2 aromatic carbocycles. The minimum absolute atomic E-state index is 0.332. The zero-order valence-corrected chi connectivity index (χ0v) is 12.9. The van der Waals surface area contributed by atoms with E-state index in [0.717, 1.165) is 18.2 Å². The van der Waals surface area contributed by atoms with Gasteiger partial charge in [0.05, 0.1) is 16.0 Å². The third-order valence-electron chi connectivity index (χ3n) is 3.18. The molecule has 0 unspecified atom stereocenters. The van der Waals surface area contributed by atoms with Gasteiger partial charge in [-0.1, -0.05) is 6.07 Å². The van der Waals surface area contributed by atoms with Crippen LogP contribution < -0.4 is 0 Å². The molecule has 0 radical (unpaired) electrons. The number of phenolic OH excluding ortho intramolecular Hbond substituents is 1. The molecular formula is C15H10F4O4S. The molecule has 0 aliphatic carbocycles. The number of phenols is 1. The van der Waals surface area contributed by atoms with Gasteiger partial charge < -0.3 is 5.11 Å². The van der Waals surface area contributed by atoms with Gasteiger partial charge in [-0.3, -0.25) is 4.79 Å². The number of carbonyl (C=O) groups excluding carboxylic acids is 1. The Kier molecular flexibility index (Phi) is 4.40. The lowest BCUT2D eigenvalue weighted by molar-refractivity contribution is -0.137. The fourth-order valence-electron chi connectivity index (χ4n) is 2.04. The van der Waals surface area contributed by atoms with Crippen LogP contribution in [0.15, 0.2) is 41.3 Å². The quantitative estimate of drug-likeness (QED) is 0.672. The van der Waals surface area contributed by atoms with E-state index in [9.17, 15) is 35.9 Å². The van der Waals surface area contributed by atoms with Gasteiger partial charge in [0.25, 0.3) is 0 Å². The van der Waals surface area contributed by atoms with Gasteiger partial charge in [0.2, 0.25) is 0 Å². The molecule has 0 aromatic heterocycles. The molecule has 0 saturated heterocycles. The SMILES string of the molecule is CS(=O)(=O)c1cc(C(F)(F)F)ccc1C(=O)c1cccc(F)c1O. The maximum Gasteiger partial charge on any atom is 0.416 e. The summed E-state index contributed by atoms with van der Waals surface area (Å²) in [6, 6.07) is 4.57. The van der Waals surface area contributed by atoms with E-state index in [1.165, 1.54) is 0 Å². The third-order valence-corrected chi connectivity index (χ3v) is 4.32. The number of aromatic hydroxyl groups is 1. The summed E-state index contributed by atoms with van der Waals surface area (Å²) in [4.78, 5) is 11.5. The van der Waals surface area contributed by atoms with Crippen LogP contribution in [-0.2, 0) is 16.0 Å². The van der Waals surface area contributed by atoms with Gasteiger partial charge in [0.1, 0.15) is 0 Å². The van der Waals surface area contributed by atoms with Crippen LogP contribution in [0.3, 0.4) is 0 Å². The summed E-state index contributed by atoms with van der Waals surface area (Å²) in [5.41, 5.74) is -2.39. The van der Waals surface area contributed by atoms with Crippen molar-refractivity contribution in [1.82, 2.24) is 0 Å². The molecule has 0 saturated carbocycles. The van der Waals surface area contributed by atoms with Gasteiger partial charge in [-0.15, -0.1) is 0 Å². The maximum atomic E-state index is 13.3. The largest absolute Gasteiger partial charge is 0.504 e. The molecule has 9 heteroatoms. The van der Waals surface area contributed by atoms with Crippen molar-refractivity contribution in [2.75, 3.05) is 6.26 Å². The Morgan fingerprint density at radius 3 is 2.25 bits per heavy atom. The van der Waals surface area contributed by atoms with Crippen molar-refractivity contribution in [3.8, 4) is 5.75 Å². The average molecular weight is 362 g/mol. The summed E-state index contributed by atoms with van der Waals surface area (Å²) in [7, 11) is -4.19. The fraction of sp³-hybridized carbons (Fsp3) is 0.133. The zero-order chi connectivity index (χ0) is 18.3. The van der Waals surface area contributed by atoms with Gasteiger partial charge >= 0.3 is 6.18 Å². The van der Waals surface area contributed by atoms with Crippen LogP contribution in [0.1, 0.15) is 21.5 Å². The average Bonchev–Trinajstić information content (AvgIpc) is 2.47. The number of halogens is 4. The molecule has 0 amide bonds. The number of carbonyl (C=O) groups is 1. The van der Waals surface area contributed by atoms with Crippen LogP contribution in [0.4, 0.5) is 17.6 Å². The smallest absolute Gasteiger partial charge is 0.416 e. The van der Waals surface area contributed by atoms with E-state index in [1.807, 2.05) is 0 Å². The Bertz CT molecular complexity index is 918. The molecule has 24 heavy (non-hydrogen) atoms. The van der Waals surface area contributed by atoms with Crippen molar-refractivity contribution < 1.29 is 35.9 Å². The number of alkyl halides is 3. The molecule has 0 atom stereocenters. The van der Waals surface area contributed by atoms with E-state index in [-0.39, 0.29) is 0 Å². The second-order valence-electron chi connectivity index (χ2n) is 4.95. The zero-order valence-electron chi connectivity index (χ0n) is 12.1. The summed E-state index contributed by atoms with van der Waals surface area (Å²) in [6.45, 7) is 0. The third kappa shape index (κ3) is 3.40. The van der Waals surface area contributed by atoms with E-state index in [2.05, 4.69) is 0 Å². The normalized spacial score (nSPS) is 12.2. The van der Waals surface area contributed by atoms with Crippen molar-refractivity contribution in [2.24, 2.45) is 0 Å². The van der Waals surface area contributed by atoms with Crippen LogP contribution >= 0.6 is 0 Å². The number of rotatable bonds is 3. The first-order valence-electron chi connectivity index (χ1n) is 6.36. The number of benzene rings is 2. The summed E-state index contributed by atoms with van der Waals surface area (Å²) < 4.78 is 75.1. The van der Waals surface area contributed by atoms with E-state index < -0.39 is 54.9 Å². The lowest BCUT2D eigenvalue weighted by Crippen LogP contribution is -2.13. The highest BCUT2D eigenvalue weighted by molar-refractivity contribution is 7.90. The van der Waals surface area contributed by atoms with E-state index in [1.54, 1.807) is 0 Å². The Morgan fingerprint density at radius 2 is 1.71 bits per heavy atom. The van der Waals surface area contributed by atoms with Crippen molar-refractivity contribution >= 4 is 15.6 Å². The Balaban J connectivity index is 2.70. The van der Waals surface area contributed by atoms with Crippen LogP contribution in [-0.4, -0.2) is 25.6 Å². The van der Waals surface area contributed by atoms with Gasteiger partial charge in [0, 0.05) is 11.8 Å². The molecule has 2 aromatic rings. The van der Waals surface area contributed by atoms with Crippen molar-refractivity contribution in [3.63, 3.8) is 0 Å². The summed E-state index contributed by atoms with van der Waals surface area (Å²) in [5, 5.41) is 9.58. The standard InChI is InChI=1S/C15H10F4O4S/c1-24(22,23)12-7-8(15(17,18)19)5-6-9(12)13(20)10-3-2-4-11(16)14(10)21/h2-7,21H,1H3. The van der Waals surface area contributed by atoms with E-state index in [0.29, 0.717) is 24.5 Å². The van der Waals surface area contributed by atoms with Gasteiger partial charge in [-0.25, -0.2) is 12.8 Å². The second-order valence-corrected chi connectivity index (χ2v) is 6.93. The highest BCUT2D eigenvalue weighted by Gasteiger charge is 2.33. The lowest BCUT2D eigenvalue weighted by atomic mass is 10.0. The first kappa shape index (κ1) is 17.9. The highest BCUT2D eigenvalue weighted by Crippen LogP contribution is 2.33. The van der Waals surface area contributed by atoms with Gasteiger partial charge in [0.15, 0.2) is 27.2 Å². The van der Waals surface area contributed by atoms with E-state index in [4.69, 9.17) is 0 Å². The number of ketones is 1. The molecule has 0 bridgehead atoms. The predicted molar refractivity (Wildman–Crippen MR) is 76.1 cm³/mol. The van der Waals surface area contributed by atoms with Crippen LogP contribution in [0.5, 0.6) is 5.75 Å². The van der Waals surface area contributed by atoms with Crippen LogP contribution in [0, 0.1) is 5.82 Å². The number of hydrogen-bond acceptors (Lipinski definition) is 4. The van der Waals surface area contributed by atoms with Crippen molar-refractivity contribution in [1.29, 1.82) is 0 Å². The molecule has 4 nitrogen and oxygen atoms in total.